The van der Waals surface area contributed by atoms with Gasteiger partial charge in [-0.2, -0.15) is 31.4 Å². The summed E-state index contributed by atoms with van der Waals surface area (Å²) in [5.41, 5.74) is -3.43. The maximum Gasteiger partial charge on any atom is 0.435 e. The minimum absolute atomic E-state index is 0.00797. The van der Waals surface area contributed by atoms with Gasteiger partial charge in [0.2, 0.25) is 0 Å². The van der Waals surface area contributed by atoms with Crippen LogP contribution in [0.3, 0.4) is 0 Å². The Morgan fingerprint density at radius 1 is 0.933 bits per heavy atom. The van der Waals surface area contributed by atoms with Gasteiger partial charge in [-0.15, -0.1) is 0 Å². The number of benzene rings is 1. The van der Waals surface area contributed by atoms with Crippen molar-refractivity contribution in [2.24, 2.45) is 0 Å². The molecule has 30 heavy (non-hydrogen) atoms. The molecule has 5 nitrogen and oxygen atoms in total. The molecule has 0 fully saturated rings. The Balaban J connectivity index is 1.89. The van der Waals surface area contributed by atoms with Crippen LogP contribution in [0, 0.1) is 0 Å². The van der Waals surface area contributed by atoms with Crippen molar-refractivity contribution in [2.75, 3.05) is 5.32 Å². The van der Waals surface area contributed by atoms with Crippen molar-refractivity contribution in [1.82, 2.24) is 14.8 Å². The van der Waals surface area contributed by atoms with E-state index in [1.807, 2.05) is 0 Å². The normalized spacial score (nSPS) is 12.1. The van der Waals surface area contributed by atoms with Gasteiger partial charge in [0, 0.05) is 11.8 Å². The Kier molecular flexibility index (Phi) is 5.70. The van der Waals surface area contributed by atoms with Crippen LogP contribution in [-0.2, 0) is 12.4 Å². The third-order valence-electron chi connectivity index (χ3n) is 3.72. The highest BCUT2D eigenvalue weighted by Crippen LogP contribution is 2.36. The van der Waals surface area contributed by atoms with E-state index in [2.05, 4.69) is 15.4 Å². The Morgan fingerprint density at radius 3 is 2.10 bits per heavy atom. The smallest absolute Gasteiger partial charge is 0.322 e. The zero-order valence-electron chi connectivity index (χ0n) is 14.3. The Morgan fingerprint density at radius 2 is 1.57 bits per heavy atom. The first kappa shape index (κ1) is 21.9. The molecule has 2 aromatic heterocycles. The lowest BCUT2D eigenvalue weighted by Gasteiger charge is -2.11. The average molecular weight is 469 g/mol. The molecule has 0 aliphatic heterocycles. The molecule has 3 aromatic rings. The first-order chi connectivity index (χ1) is 13.9. The van der Waals surface area contributed by atoms with Crippen molar-refractivity contribution in [3.8, 4) is 5.69 Å². The van der Waals surface area contributed by atoms with E-state index in [4.69, 9.17) is 23.2 Å². The zero-order chi connectivity index (χ0) is 22.3. The highest BCUT2D eigenvalue weighted by Gasteiger charge is 2.42. The Hall–Kier alpha value is -2.79. The molecule has 1 amide bonds. The number of nitrogens with zero attached hydrogens (tertiary/aromatic N) is 3. The maximum atomic E-state index is 13.1. The van der Waals surface area contributed by atoms with Gasteiger partial charge < -0.3 is 5.32 Å². The van der Waals surface area contributed by atoms with Crippen LogP contribution in [0.1, 0.15) is 21.7 Å². The molecule has 0 unspecified atom stereocenters. The standard InChI is InChI=1S/C17H8Cl2F6N4O/c18-13-6-5-10(14(19)27-13)15(30)26-8-1-3-9(4-2-8)29-12(17(23,24)25)7-11(28-29)16(20,21)22/h1-7H,(H,26,30). The lowest BCUT2D eigenvalue weighted by atomic mass is 10.2. The topological polar surface area (TPSA) is 59.8 Å². The molecule has 0 aliphatic rings. The van der Waals surface area contributed by atoms with E-state index >= 15 is 0 Å². The molecule has 13 heteroatoms. The van der Waals surface area contributed by atoms with Crippen molar-refractivity contribution in [3.05, 3.63) is 69.7 Å². The number of hydrogen-bond donors (Lipinski definition) is 1. The predicted molar refractivity (Wildman–Crippen MR) is 95.8 cm³/mol. The quantitative estimate of drug-likeness (QED) is 0.386. The van der Waals surface area contributed by atoms with Gasteiger partial charge in [0.25, 0.3) is 5.91 Å². The third kappa shape index (κ3) is 4.68. The summed E-state index contributed by atoms with van der Waals surface area (Å²) in [7, 11) is 0. The summed E-state index contributed by atoms with van der Waals surface area (Å²) in [5, 5.41) is 5.36. The Bertz CT molecular complexity index is 1090. The Labute approximate surface area is 174 Å². The summed E-state index contributed by atoms with van der Waals surface area (Å²) in [6, 6.07) is 7.10. The molecule has 158 valence electrons. The summed E-state index contributed by atoms with van der Waals surface area (Å²) in [5.74, 6) is -0.675. The molecular formula is C17H8Cl2F6N4O. The van der Waals surface area contributed by atoms with Crippen LogP contribution in [0.25, 0.3) is 5.69 Å². The number of halogens is 8. The molecule has 0 spiro atoms. The zero-order valence-corrected chi connectivity index (χ0v) is 15.8. The van der Waals surface area contributed by atoms with Crippen molar-refractivity contribution in [1.29, 1.82) is 0 Å². The monoisotopic (exact) mass is 468 g/mol. The summed E-state index contributed by atoms with van der Waals surface area (Å²) in [4.78, 5) is 15.9. The number of anilines is 1. The van der Waals surface area contributed by atoms with Crippen LogP contribution in [0.2, 0.25) is 10.3 Å². The van der Waals surface area contributed by atoms with Gasteiger partial charge in [-0.05, 0) is 36.4 Å². The van der Waals surface area contributed by atoms with E-state index < -0.39 is 29.6 Å². The number of carbonyl (C=O) groups excluding carboxylic acids is 1. The first-order valence-electron chi connectivity index (χ1n) is 7.84. The number of rotatable bonds is 3. The average Bonchev–Trinajstić information content (AvgIpc) is 3.08. The fourth-order valence-corrected chi connectivity index (χ4v) is 2.81. The summed E-state index contributed by atoms with van der Waals surface area (Å²) in [6.07, 6.45) is -10.1. The van der Waals surface area contributed by atoms with Crippen LogP contribution in [0.15, 0.2) is 42.5 Å². The van der Waals surface area contributed by atoms with Crippen molar-refractivity contribution < 1.29 is 31.1 Å². The van der Waals surface area contributed by atoms with Crippen LogP contribution in [0.4, 0.5) is 32.0 Å². The molecule has 1 aromatic carbocycles. The van der Waals surface area contributed by atoms with E-state index in [0.717, 1.165) is 12.1 Å². The highest BCUT2D eigenvalue weighted by molar-refractivity contribution is 6.35. The fourth-order valence-electron chi connectivity index (χ4n) is 2.38. The summed E-state index contributed by atoms with van der Waals surface area (Å²) >= 11 is 11.5. The molecule has 1 N–H and O–H groups in total. The predicted octanol–water partition coefficient (Wildman–Crippen LogP) is 5.86. The van der Waals surface area contributed by atoms with E-state index in [1.54, 1.807) is 0 Å². The van der Waals surface area contributed by atoms with E-state index in [0.29, 0.717) is 0 Å². The second-order valence-corrected chi connectivity index (χ2v) is 6.54. The van der Waals surface area contributed by atoms with Gasteiger partial charge in [-0.3, -0.25) is 4.79 Å². The molecule has 0 atom stereocenters. The van der Waals surface area contributed by atoms with Gasteiger partial charge in [-0.25, -0.2) is 9.67 Å². The van der Waals surface area contributed by atoms with Crippen LogP contribution < -0.4 is 5.32 Å². The van der Waals surface area contributed by atoms with Crippen molar-refractivity contribution in [3.63, 3.8) is 0 Å². The lowest BCUT2D eigenvalue weighted by molar-refractivity contribution is -0.143. The SMILES string of the molecule is O=C(Nc1ccc(-n2nc(C(F)(F)F)cc2C(F)(F)F)cc1)c1ccc(Cl)nc1Cl. The molecule has 3 rings (SSSR count). The number of amides is 1. The molecule has 0 saturated carbocycles. The molecule has 0 saturated heterocycles. The van der Waals surface area contributed by atoms with Crippen LogP contribution in [-0.4, -0.2) is 20.7 Å². The van der Waals surface area contributed by atoms with E-state index in [-0.39, 0.29) is 38.0 Å². The van der Waals surface area contributed by atoms with E-state index in [1.165, 1.54) is 24.3 Å². The van der Waals surface area contributed by atoms with Gasteiger partial charge in [0.15, 0.2) is 5.69 Å². The molecule has 0 bridgehead atoms. The molecule has 2 heterocycles. The highest BCUT2D eigenvalue weighted by atomic mass is 35.5. The van der Waals surface area contributed by atoms with Crippen LogP contribution >= 0.6 is 23.2 Å². The number of hydrogen-bond acceptors (Lipinski definition) is 3. The summed E-state index contributed by atoms with van der Waals surface area (Å²) < 4.78 is 77.9. The van der Waals surface area contributed by atoms with Crippen LogP contribution in [0.5, 0.6) is 0 Å². The molecule has 0 aliphatic carbocycles. The number of alkyl halides is 6. The largest absolute Gasteiger partial charge is 0.435 e. The summed E-state index contributed by atoms with van der Waals surface area (Å²) in [6.45, 7) is 0. The van der Waals surface area contributed by atoms with Crippen molar-refractivity contribution in [2.45, 2.75) is 12.4 Å². The maximum absolute atomic E-state index is 13.1. The molecule has 0 radical (unpaired) electrons. The second kappa shape index (κ2) is 7.80. The van der Waals surface area contributed by atoms with Gasteiger partial charge >= 0.3 is 12.4 Å². The number of carbonyl (C=O) groups is 1. The fraction of sp³-hybridized carbons (Fsp3) is 0.118. The number of aromatic nitrogens is 3. The minimum Gasteiger partial charge on any atom is -0.322 e. The second-order valence-electron chi connectivity index (χ2n) is 5.80. The third-order valence-corrected chi connectivity index (χ3v) is 4.22. The van der Waals surface area contributed by atoms with Gasteiger partial charge in [-0.1, -0.05) is 23.2 Å². The lowest BCUT2D eigenvalue weighted by Crippen LogP contribution is -2.14. The van der Waals surface area contributed by atoms with Gasteiger partial charge in [0.05, 0.1) is 11.3 Å². The van der Waals surface area contributed by atoms with Gasteiger partial charge in [0.1, 0.15) is 16.0 Å². The van der Waals surface area contributed by atoms with Crippen molar-refractivity contribution >= 4 is 34.8 Å². The minimum atomic E-state index is -5.07. The number of nitrogens with one attached hydrogen (secondary N) is 1. The molecular weight excluding hydrogens is 461 g/mol. The van der Waals surface area contributed by atoms with E-state index in [9.17, 15) is 31.1 Å². The first-order valence-corrected chi connectivity index (χ1v) is 8.60. The number of pyridine rings is 1.